The third-order valence-corrected chi connectivity index (χ3v) is 6.52. The Balaban J connectivity index is 2.36. The summed E-state index contributed by atoms with van der Waals surface area (Å²) in [6.45, 7) is 9.25. The molecule has 0 unspecified atom stereocenters. The monoisotopic (exact) mass is 568 g/mol. The number of carbonyl (C=O) groups excluding carboxylic acids is 4. The molecule has 0 fully saturated rings. The lowest BCUT2D eigenvalue weighted by Crippen LogP contribution is -2.51. The molecule has 2 aromatic rings. The van der Waals surface area contributed by atoms with Crippen LogP contribution in [-0.4, -0.2) is 76.6 Å². The lowest BCUT2D eigenvalue weighted by molar-refractivity contribution is -0.125. The molecule has 0 radical (unpaired) electrons. The van der Waals surface area contributed by atoms with E-state index in [1.807, 2.05) is 58.0 Å². The van der Waals surface area contributed by atoms with E-state index >= 15 is 0 Å². The Hall–Kier alpha value is -3.76. The molecular weight excluding hydrogens is 524 g/mol. The van der Waals surface area contributed by atoms with Crippen LogP contribution < -0.4 is 16.4 Å². The van der Waals surface area contributed by atoms with Gasteiger partial charge in [-0.15, -0.1) is 0 Å². The maximum absolute atomic E-state index is 13.5. The van der Waals surface area contributed by atoms with Gasteiger partial charge >= 0.3 is 0 Å². The van der Waals surface area contributed by atoms with Gasteiger partial charge in [0.05, 0.1) is 18.6 Å². The Morgan fingerprint density at radius 3 is 2.05 bits per heavy atom. The molecule has 10 heteroatoms. The lowest BCUT2D eigenvalue weighted by Gasteiger charge is -2.28. The van der Waals surface area contributed by atoms with E-state index in [-0.39, 0.29) is 41.4 Å². The molecule has 0 bridgehead atoms. The molecule has 0 aliphatic carbocycles. The van der Waals surface area contributed by atoms with E-state index in [0.717, 1.165) is 18.4 Å². The van der Waals surface area contributed by atoms with E-state index in [1.165, 1.54) is 18.2 Å². The highest BCUT2D eigenvalue weighted by molar-refractivity contribution is 6.04. The van der Waals surface area contributed by atoms with Crippen LogP contribution in [0.25, 0.3) is 0 Å². The molecule has 6 N–H and O–H groups in total. The van der Waals surface area contributed by atoms with Gasteiger partial charge in [-0.2, -0.15) is 0 Å². The van der Waals surface area contributed by atoms with Crippen molar-refractivity contribution in [2.75, 3.05) is 19.6 Å². The molecule has 0 aliphatic rings. The van der Waals surface area contributed by atoms with E-state index in [4.69, 9.17) is 5.73 Å². The van der Waals surface area contributed by atoms with Crippen molar-refractivity contribution in [3.63, 3.8) is 0 Å². The molecule has 0 saturated heterocycles. The van der Waals surface area contributed by atoms with Crippen molar-refractivity contribution in [3.8, 4) is 0 Å². The number of hydrogen-bond donors (Lipinski definition) is 5. The fourth-order valence-corrected chi connectivity index (χ4v) is 4.41. The zero-order chi connectivity index (χ0) is 30.5. The second kappa shape index (κ2) is 16.5. The lowest BCUT2D eigenvalue weighted by atomic mass is 9.95. The van der Waals surface area contributed by atoms with Gasteiger partial charge in [0.15, 0.2) is 0 Å². The van der Waals surface area contributed by atoms with Crippen LogP contribution in [0.4, 0.5) is 0 Å². The quantitative estimate of drug-likeness (QED) is 0.209. The number of rotatable bonds is 16. The van der Waals surface area contributed by atoms with Crippen LogP contribution in [0, 0.1) is 5.92 Å². The SMILES string of the molecule is CCCN(CCC)C(=O)c1cc(C(N)=O)cc(C(=O)N[C@@H](Cc2ccccc2)[C@@H](O)[C@H](O)CC(=O)NCC(C)C)c1. The third kappa shape index (κ3) is 10.6. The van der Waals surface area contributed by atoms with E-state index in [1.54, 1.807) is 4.90 Å². The summed E-state index contributed by atoms with van der Waals surface area (Å²) in [5, 5.41) is 27.2. The van der Waals surface area contributed by atoms with Crippen LogP contribution in [0.5, 0.6) is 0 Å². The van der Waals surface area contributed by atoms with Crippen molar-refractivity contribution in [3.05, 3.63) is 70.8 Å². The first-order valence-corrected chi connectivity index (χ1v) is 14.2. The second-order valence-corrected chi connectivity index (χ2v) is 10.7. The van der Waals surface area contributed by atoms with Gasteiger partial charge in [-0.25, -0.2) is 0 Å². The highest BCUT2D eigenvalue weighted by atomic mass is 16.3. The number of aliphatic hydroxyl groups is 2. The maximum Gasteiger partial charge on any atom is 0.253 e. The van der Waals surface area contributed by atoms with Gasteiger partial charge in [0.1, 0.15) is 6.10 Å². The second-order valence-electron chi connectivity index (χ2n) is 10.7. The molecule has 10 nitrogen and oxygen atoms in total. The van der Waals surface area contributed by atoms with E-state index in [2.05, 4.69) is 10.6 Å². The topological polar surface area (TPSA) is 162 Å². The van der Waals surface area contributed by atoms with Crippen LogP contribution in [-0.2, 0) is 11.2 Å². The van der Waals surface area contributed by atoms with Crippen molar-refractivity contribution >= 4 is 23.6 Å². The minimum Gasteiger partial charge on any atom is -0.390 e. The van der Waals surface area contributed by atoms with Crippen LogP contribution in [0.3, 0.4) is 0 Å². The Morgan fingerprint density at radius 2 is 1.49 bits per heavy atom. The number of aliphatic hydroxyl groups excluding tert-OH is 2. The average Bonchev–Trinajstić information content (AvgIpc) is 2.95. The van der Waals surface area contributed by atoms with Gasteiger partial charge in [0.25, 0.3) is 11.8 Å². The molecule has 0 spiro atoms. The summed E-state index contributed by atoms with van der Waals surface area (Å²) in [4.78, 5) is 52.8. The number of primary amides is 1. The first kappa shape index (κ1) is 33.4. The Morgan fingerprint density at radius 1 is 0.902 bits per heavy atom. The molecule has 0 heterocycles. The standard InChI is InChI=1S/C31H44N4O6/c1-5-12-35(13-6-2)31(41)24-16-22(29(32)39)15-23(17-24)30(40)34-25(14-21-10-8-7-9-11-21)28(38)26(36)18-27(37)33-19-20(3)4/h7-11,15-17,20,25-26,28,36,38H,5-6,12-14,18-19H2,1-4H3,(H2,32,39)(H,33,37)(H,34,40)/t25-,26+,28+/m0/s1. The highest BCUT2D eigenvalue weighted by Gasteiger charge is 2.30. The predicted octanol–water partition coefficient (Wildman–Crippen LogP) is 2.27. The van der Waals surface area contributed by atoms with Gasteiger partial charge in [-0.3, -0.25) is 19.2 Å². The maximum atomic E-state index is 13.5. The zero-order valence-electron chi connectivity index (χ0n) is 24.4. The normalized spacial score (nSPS) is 13.2. The number of hydrogen-bond acceptors (Lipinski definition) is 6. The van der Waals surface area contributed by atoms with E-state index in [0.29, 0.717) is 19.6 Å². The molecule has 41 heavy (non-hydrogen) atoms. The van der Waals surface area contributed by atoms with Crippen molar-refractivity contribution < 1.29 is 29.4 Å². The van der Waals surface area contributed by atoms with Crippen molar-refractivity contribution in [2.45, 2.75) is 71.6 Å². The Labute approximate surface area is 242 Å². The van der Waals surface area contributed by atoms with E-state index < -0.39 is 36.0 Å². The van der Waals surface area contributed by atoms with Crippen molar-refractivity contribution in [1.82, 2.24) is 15.5 Å². The Bertz CT molecular complexity index is 1160. The highest BCUT2D eigenvalue weighted by Crippen LogP contribution is 2.16. The summed E-state index contributed by atoms with van der Waals surface area (Å²) in [6, 6.07) is 12.1. The summed E-state index contributed by atoms with van der Waals surface area (Å²) in [5.41, 5.74) is 6.45. The molecule has 3 atom stereocenters. The molecule has 0 saturated carbocycles. The van der Waals surface area contributed by atoms with Crippen molar-refractivity contribution in [1.29, 1.82) is 0 Å². The first-order valence-electron chi connectivity index (χ1n) is 14.2. The summed E-state index contributed by atoms with van der Waals surface area (Å²) in [5.74, 6) is -1.99. The summed E-state index contributed by atoms with van der Waals surface area (Å²) in [6.07, 6.45) is -1.66. The van der Waals surface area contributed by atoms with Gasteiger partial charge in [0.2, 0.25) is 11.8 Å². The molecule has 224 valence electrons. The number of nitrogens with two attached hydrogens (primary N) is 1. The zero-order valence-corrected chi connectivity index (χ0v) is 24.4. The number of benzene rings is 2. The molecule has 2 rings (SSSR count). The molecular formula is C31H44N4O6. The van der Waals surface area contributed by atoms with Crippen molar-refractivity contribution in [2.24, 2.45) is 11.7 Å². The van der Waals surface area contributed by atoms with Gasteiger partial charge < -0.3 is 31.5 Å². The molecule has 2 aromatic carbocycles. The van der Waals surface area contributed by atoms with E-state index in [9.17, 15) is 29.4 Å². The molecule has 4 amide bonds. The molecule has 0 aromatic heterocycles. The predicted molar refractivity (Wildman–Crippen MR) is 157 cm³/mol. The smallest absolute Gasteiger partial charge is 0.253 e. The molecule has 0 aliphatic heterocycles. The van der Waals surface area contributed by atoms with Crippen LogP contribution in [0.15, 0.2) is 48.5 Å². The number of nitrogens with zero attached hydrogens (tertiary/aromatic N) is 1. The van der Waals surface area contributed by atoms with Gasteiger partial charge in [-0.05, 0) is 48.9 Å². The number of nitrogens with one attached hydrogen (secondary N) is 2. The first-order chi connectivity index (χ1) is 19.5. The Kier molecular flexibility index (Phi) is 13.5. The van der Waals surface area contributed by atoms with Gasteiger partial charge in [0, 0.05) is 36.3 Å². The average molecular weight is 569 g/mol. The fourth-order valence-electron chi connectivity index (χ4n) is 4.41. The van der Waals surface area contributed by atoms with Crippen LogP contribution in [0.1, 0.15) is 83.6 Å². The summed E-state index contributed by atoms with van der Waals surface area (Å²) >= 11 is 0. The third-order valence-electron chi connectivity index (χ3n) is 6.52. The largest absolute Gasteiger partial charge is 0.390 e. The number of amides is 4. The fraction of sp³-hybridized carbons (Fsp3) is 0.484. The summed E-state index contributed by atoms with van der Waals surface area (Å²) in [7, 11) is 0. The summed E-state index contributed by atoms with van der Waals surface area (Å²) < 4.78 is 0. The minimum absolute atomic E-state index is 0.00374. The van der Waals surface area contributed by atoms with Crippen LogP contribution in [0.2, 0.25) is 0 Å². The number of carbonyl (C=O) groups is 4. The van der Waals surface area contributed by atoms with Crippen LogP contribution >= 0.6 is 0 Å². The van der Waals surface area contributed by atoms with Gasteiger partial charge in [-0.1, -0.05) is 58.0 Å². The minimum atomic E-state index is -1.49.